The lowest BCUT2D eigenvalue weighted by Gasteiger charge is -2.37. The Bertz CT molecular complexity index is 338. The second-order valence-corrected chi connectivity index (χ2v) is 5.83. The molecule has 1 fully saturated rings. The van der Waals surface area contributed by atoms with Crippen LogP contribution >= 0.6 is 0 Å². The highest BCUT2D eigenvalue weighted by molar-refractivity contribution is 5.83. The molecular weight excluding hydrogens is 260 g/mol. The fourth-order valence-corrected chi connectivity index (χ4v) is 2.67. The van der Waals surface area contributed by atoms with Crippen LogP contribution in [0.4, 0.5) is 0 Å². The maximum absolute atomic E-state index is 12.4. The lowest BCUT2D eigenvalue weighted by molar-refractivity contribution is -0.140. The lowest BCUT2D eigenvalue weighted by Crippen LogP contribution is -2.49. The van der Waals surface area contributed by atoms with Gasteiger partial charge in [-0.05, 0) is 31.6 Å². The predicted molar refractivity (Wildman–Crippen MR) is 75.2 cm³/mol. The molecule has 4 N–H and O–H groups in total. The van der Waals surface area contributed by atoms with Crippen LogP contribution in [0.2, 0.25) is 0 Å². The molecule has 0 radical (unpaired) electrons. The molecule has 1 aliphatic rings. The summed E-state index contributed by atoms with van der Waals surface area (Å²) in [6.45, 7) is 2.73. The molecule has 6 heteroatoms. The van der Waals surface area contributed by atoms with Crippen molar-refractivity contribution in [2.24, 2.45) is 17.1 Å². The third kappa shape index (κ3) is 4.45. The van der Waals surface area contributed by atoms with Crippen LogP contribution in [0.5, 0.6) is 0 Å². The number of nitrogens with one attached hydrogen (secondary N) is 1. The van der Waals surface area contributed by atoms with Gasteiger partial charge in [0.15, 0.2) is 0 Å². The summed E-state index contributed by atoms with van der Waals surface area (Å²) >= 11 is 0. The molecule has 0 aliphatic heterocycles. The zero-order valence-corrected chi connectivity index (χ0v) is 12.4. The van der Waals surface area contributed by atoms with Gasteiger partial charge in [0.2, 0.25) is 5.91 Å². The number of hydrogen-bond acceptors (Lipinski definition) is 4. The van der Waals surface area contributed by atoms with Crippen LogP contribution in [0, 0.1) is 11.3 Å². The van der Waals surface area contributed by atoms with E-state index in [1.807, 2.05) is 0 Å². The number of methoxy groups -OCH3 is 1. The summed E-state index contributed by atoms with van der Waals surface area (Å²) in [4.78, 5) is 23.0. The van der Waals surface area contributed by atoms with Crippen molar-refractivity contribution in [2.45, 2.75) is 45.1 Å². The smallest absolute Gasteiger partial charge is 0.306 e. The number of nitrogens with two attached hydrogens (primary N) is 1. The standard InChI is InChI=1S/C14H26N2O4/c1-10-3-5-14(9-15,6-4-10)13(19)16-8-11(20-2)7-12(17)18/h10-11H,3-9,15H2,1-2H3,(H,16,19)(H,17,18). The highest BCUT2D eigenvalue weighted by Crippen LogP contribution is 2.38. The second kappa shape index (κ2) is 7.59. The summed E-state index contributed by atoms with van der Waals surface area (Å²) in [5.41, 5.74) is 5.33. The van der Waals surface area contributed by atoms with Gasteiger partial charge in [0.05, 0.1) is 17.9 Å². The number of carboxylic acid groups (broad SMARTS) is 1. The minimum absolute atomic E-state index is 0.0701. The van der Waals surface area contributed by atoms with Gasteiger partial charge in [-0.15, -0.1) is 0 Å². The topological polar surface area (TPSA) is 102 Å². The van der Waals surface area contributed by atoms with Crippen LogP contribution in [0.3, 0.4) is 0 Å². The van der Waals surface area contributed by atoms with E-state index >= 15 is 0 Å². The zero-order valence-electron chi connectivity index (χ0n) is 12.4. The van der Waals surface area contributed by atoms with Gasteiger partial charge < -0.3 is 20.9 Å². The number of amides is 1. The molecule has 0 aromatic carbocycles. The Morgan fingerprint density at radius 3 is 2.50 bits per heavy atom. The van der Waals surface area contributed by atoms with Crippen molar-refractivity contribution < 1.29 is 19.4 Å². The number of aliphatic carboxylic acids is 1. The van der Waals surface area contributed by atoms with E-state index in [4.69, 9.17) is 15.6 Å². The second-order valence-electron chi connectivity index (χ2n) is 5.83. The van der Waals surface area contributed by atoms with Crippen LogP contribution in [0.1, 0.15) is 39.0 Å². The molecule has 6 nitrogen and oxygen atoms in total. The Hall–Kier alpha value is -1.14. The average Bonchev–Trinajstić information content (AvgIpc) is 2.44. The molecular formula is C14H26N2O4. The van der Waals surface area contributed by atoms with E-state index in [-0.39, 0.29) is 18.9 Å². The third-order valence-corrected chi connectivity index (χ3v) is 4.33. The molecule has 0 bridgehead atoms. The number of carbonyl (C=O) groups is 2. The predicted octanol–water partition coefficient (Wildman–Crippen LogP) is 0.748. The van der Waals surface area contributed by atoms with Crippen molar-refractivity contribution in [3.63, 3.8) is 0 Å². The van der Waals surface area contributed by atoms with Crippen LogP contribution in [-0.2, 0) is 14.3 Å². The van der Waals surface area contributed by atoms with Crippen molar-refractivity contribution in [3.8, 4) is 0 Å². The number of ether oxygens (including phenoxy) is 1. The maximum Gasteiger partial charge on any atom is 0.306 e. The SMILES string of the molecule is COC(CNC(=O)C1(CN)CCC(C)CC1)CC(=O)O. The maximum atomic E-state index is 12.4. The highest BCUT2D eigenvalue weighted by atomic mass is 16.5. The van der Waals surface area contributed by atoms with E-state index in [1.165, 1.54) is 7.11 Å². The van der Waals surface area contributed by atoms with Gasteiger partial charge in [0.25, 0.3) is 0 Å². The van der Waals surface area contributed by atoms with Gasteiger partial charge in [0.1, 0.15) is 0 Å². The van der Waals surface area contributed by atoms with Gasteiger partial charge >= 0.3 is 5.97 Å². The minimum Gasteiger partial charge on any atom is -0.481 e. The summed E-state index contributed by atoms with van der Waals surface area (Å²) in [5.74, 6) is -0.369. The van der Waals surface area contributed by atoms with E-state index in [9.17, 15) is 9.59 Å². The van der Waals surface area contributed by atoms with Crippen molar-refractivity contribution in [3.05, 3.63) is 0 Å². The molecule has 1 unspecified atom stereocenters. The Balaban J connectivity index is 2.53. The van der Waals surface area contributed by atoms with Crippen LogP contribution in [-0.4, -0.2) is 43.3 Å². The Labute approximate surface area is 120 Å². The first-order chi connectivity index (χ1) is 9.43. The number of rotatable bonds is 7. The molecule has 0 aromatic rings. The molecule has 0 saturated heterocycles. The Morgan fingerprint density at radius 1 is 1.45 bits per heavy atom. The van der Waals surface area contributed by atoms with Gasteiger partial charge in [-0.1, -0.05) is 6.92 Å². The summed E-state index contributed by atoms with van der Waals surface area (Å²) in [6.07, 6.45) is 2.98. The summed E-state index contributed by atoms with van der Waals surface area (Å²) in [5, 5.41) is 11.6. The van der Waals surface area contributed by atoms with Gasteiger partial charge in [-0.2, -0.15) is 0 Å². The first kappa shape index (κ1) is 16.9. The Kier molecular flexibility index (Phi) is 6.42. The van der Waals surface area contributed by atoms with Gasteiger partial charge in [-0.3, -0.25) is 9.59 Å². The number of carbonyl (C=O) groups excluding carboxylic acids is 1. The number of carboxylic acids is 1. The van der Waals surface area contributed by atoms with E-state index in [0.717, 1.165) is 25.7 Å². The molecule has 1 rings (SSSR count). The van der Waals surface area contributed by atoms with E-state index in [2.05, 4.69) is 12.2 Å². The summed E-state index contributed by atoms with van der Waals surface area (Å²) < 4.78 is 5.06. The minimum atomic E-state index is -0.939. The normalized spacial score (nSPS) is 27.9. The summed E-state index contributed by atoms with van der Waals surface area (Å²) in [7, 11) is 1.45. The molecule has 1 amide bonds. The van der Waals surface area contributed by atoms with Gasteiger partial charge in [-0.25, -0.2) is 0 Å². The highest BCUT2D eigenvalue weighted by Gasteiger charge is 2.39. The van der Waals surface area contributed by atoms with Crippen LogP contribution < -0.4 is 11.1 Å². The first-order valence-electron chi connectivity index (χ1n) is 7.16. The quantitative estimate of drug-likeness (QED) is 0.641. The third-order valence-electron chi connectivity index (χ3n) is 4.33. The molecule has 1 aliphatic carbocycles. The fraction of sp³-hybridized carbons (Fsp3) is 0.857. The van der Waals surface area contributed by atoms with Crippen molar-refractivity contribution in [2.75, 3.05) is 20.2 Å². The lowest BCUT2D eigenvalue weighted by atomic mass is 9.70. The molecule has 0 heterocycles. The van der Waals surface area contributed by atoms with E-state index in [0.29, 0.717) is 12.5 Å². The number of hydrogen-bond donors (Lipinski definition) is 3. The fourth-order valence-electron chi connectivity index (χ4n) is 2.67. The average molecular weight is 286 g/mol. The van der Waals surface area contributed by atoms with Crippen molar-refractivity contribution in [1.29, 1.82) is 0 Å². The van der Waals surface area contributed by atoms with Gasteiger partial charge in [0, 0.05) is 20.2 Å². The molecule has 116 valence electrons. The first-order valence-corrected chi connectivity index (χ1v) is 7.16. The molecule has 0 aromatic heterocycles. The molecule has 1 atom stereocenters. The zero-order chi connectivity index (χ0) is 15.2. The van der Waals surface area contributed by atoms with Crippen LogP contribution in [0.25, 0.3) is 0 Å². The molecule has 1 saturated carbocycles. The van der Waals surface area contributed by atoms with E-state index in [1.54, 1.807) is 0 Å². The Morgan fingerprint density at radius 2 is 2.05 bits per heavy atom. The molecule has 0 spiro atoms. The largest absolute Gasteiger partial charge is 0.481 e. The monoisotopic (exact) mass is 286 g/mol. The van der Waals surface area contributed by atoms with Crippen molar-refractivity contribution in [1.82, 2.24) is 5.32 Å². The molecule has 20 heavy (non-hydrogen) atoms. The van der Waals surface area contributed by atoms with Crippen molar-refractivity contribution >= 4 is 11.9 Å². The summed E-state index contributed by atoms with van der Waals surface area (Å²) in [6, 6.07) is 0. The van der Waals surface area contributed by atoms with E-state index < -0.39 is 17.5 Å². The van der Waals surface area contributed by atoms with Crippen LogP contribution in [0.15, 0.2) is 0 Å².